The van der Waals surface area contributed by atoms with Gasteiger partial charge in [0, 0.05) is 11.1 Å². The summed E-state index contributed by atoms with van der Waals surface area (Å²) in [6.45, 7) is 1.82. The Kier molecular flexibility index (Phi) is 3.18. The lowest BCUT2D eigenvalue weighted by Gasteiger charge is -2.05. The van der Waals surface area contributed by atoms with Gasteiger partial charge >= 0.3 is 0 Å². The summed E-state index contributed by atoms with van der Waals surface area (Å²) in [6, 6.07) is 8.62. The zero-order valence-electron chi connectivity index (χ0n) is 8.96. The molecule has 0 aliphatic carbocycles. The lowest BCUT2D eigenvalue weighted by Crippen LogP contribution is -1.94. The van der Waals surface area contributed by atoms with Gasteiger partial charge in [-0.05, 0) is 64.7 Å². The first-order valence-electron chi connectivity index (χ1n) is 4.93. The monoisotopic (exact) mass is 266 g/mol. The van der Waals surface area contributed by atoms with Crippen LogP contribution in [0, 0.1) is 6.92 Å². The average Bonchev–Trinajstić information content (AvgIpc) is 2.27. The number of hydrogen-bond acceptors (Lipinski definition) is 2. The Hall–Kier alpha value is -1.38. The average molecular weight is 267 g/mol. The molecule has 0 atom stereocenters. The van der Waals surface area contributed by atoms with Crippen LogP contribution in [0.1, 0.15) is 26.3 Å². The molecule has 4 heteroatoms. The molecule has 2 nitrogen and oxygen atoms in total. The van der Waals surface area contributed by atoms with Crippen LogP contribution >= 0.6 is 23.2 Å². The van der Waals surface area contributed by atoms with Gasteiger partial charge in [0.2, 0.25) is 0 Å². The number of hydrogen-bond donors (Lipinski definition) is 0. The van der Waals surface area contributed by atoms with Crippen LogP contribution in [0.5, 0.6) is 0 Å². The highest BCUT2D eigenvalue weighted by Gasteiger charge is 2.09. The van der Waals surface area contributed by atoms with Gasteiger partial charge in [-0.15, -0.1) is 0 Å². The Morgan fingerprint density at radius 3 is 2.24 bits per heavy atom. The molecule has 0 N–H and O–H groups in total. The molecule has 2 aromatic rings. The lowest BCUT2D eigenvalue weighted by molar-refractivity contribution is 0.107. The fourth-order valence-electron chi connectivity index (χ4n) is 1.75. The molecule has 0 amide bonds. The van der Waals surface area contributed by atoms with Gasteiger partial charge in [-0.25, -0.2) is 0 Å². The first-order valence-corrected chi connectivity index (χ1v) is 5.68. The molecule has 0 aromatic heterocycles. The summed E-state index contributed by atoms with van der Waals surface area (Å²) in [4.78, 5) is 22.2. The van der Waals surface area contributed by atoms with E-state index in [1.807, 2.05) is 13.0 Å². The van der Waals surface area contributed by atoms with E-state index in [0.29, 0.717) is 11.1 Å². The minimum atomic E-state index is -0.522. The highest BCUT2D eigenvalue weighted by atomic mass is 35.5. The SMILES string of the molecule is Cc1cc2ccc(C(=O)Cl)cc2cc1C(=O)Cl. The van der Waals surface area contributed by atoms with Gasteiger partial charge in [-0.3, -0.25) is 9.59 Å². The zero-order valence-corrected chi connectivity index (χ0v) is 10.5. The van der Waals surface area contributed by atoms with Crippen LogP contribution in [-0.2, 0) is 0 Å². The van der Waals surface area contributed by atoms with Crippen LogP contribution in [0.25, 0.3) is 10.8 Å². The van der Waals surface area contributed by atoms with Gasteiger partial charge in [-0.1, -0.05) is 12.1 Å². The van der Waals surface area contributed by atoms with Crippen molar-refractivity contribution in [3.63, 3.8) is 0 Å². The topological polar surface area (TPSA) is 34.1 Å². The molecule has 2 aromatic carbocycles. The molecule has 0 aliphatic heterocycles. The Labute approximate surface area is 108 Å². The van der Waals surface area contributed by atoms with Crippen molar-refractivity contribution >= 4 is 44.5 Å². The number of fused-ring (bicyclic) bond motifs is 1. The van der Waals surface area contributed by atoms with Crippen molar-refractivity contribution in [2.24, 2.45) is 0 Å². The molecule has 0 saturated carbocycles. The maximum Gasteiger partial charge on any atom is 0.252 e. The molecule has 0 unspecified atom stereocenters. The van der Waals surface area contributed by atoms with Gasteiger partial charge in [0.25, 0.3) is 10.5 Å². The number of aryl methyl sites for hydroxylation is 1. The fraction of sp³-hybridized carbons (Fsp3) is 0.0769. The Morgan fingerprint density at radius 2 is 1.65 bits per heavy atom. The van der Waals surface area contributed by atoms with Gasteiger partial charge < -0.3 is 0 Å². The summed E-state index contributed by atoms with van der Waals surface area (Å²) in [6.07, 6.45) is 0. The van der Waals surface area contributed by atoms with Crippen molar-refractivity contribution in [1.29, 1.82) is 0 Å². The van der Waals surface area contributed by atoms with Gasteiger partial charge in [0.1, 0.15) is 0 Å². The van der Waals surface area contributed by atoms with E-state index >= 15 is 0 Å². The van der Waals surface area contributed by atoms with Crippen molar-refractivity contribution in [2.45, 2.75) is 6.92 Å². The van der Waals surface area contributed by atoms with Crippen LogP contribution in [0.15, 0.2) is 30.3 Å². The standard InChI is InChI=1S/C13H8Cl2O2/c1-7-4-8-2-3-9(12(14)16)5-10(8)6-11(7)13(15)17/h2-6H,1H3. The molecule has 0 aliphatic rings. The molecule has 0 spiro atoms. The van der Waals surface area contributed by atoms with Crippen LogP contribution < -0.4 is 0 Å². The van der Waals surface area contributed by atoms with E-state index in [2.05, 4.69) is 0 Å². The quantitative estimate of drug-likeness (QED) is 0.773. The molecule has 86 valence electrons. The van der Waals surface area contributed by atoms with Gasteiger partial charge in [0.15, 0.2) is 0 Å². The number of rotatable bonds is 2. The summed E-state index contributed by atoms with van der Waals surface area (Å²) in [5.74, 6) is 0. The highest BCUT2D eigenvalue weighted by molar-refractivity contribution is 6.68. The predicted molar refractivity (Wildman–Crippen MR) is 69.1 cm³/mol. The third-order valence-electron chi connectivity index (χ3n) is 2.62. The van der Waals surface area contributed by atoms with E-state index in [-0.39, 0.29) is 0 Å². The second kappa shape index (κ2) is 4.47. The Balaban J connectivity index is 2.72. The minimum Gasteiger partial charge on any atom is -0.276 e. The molecule has 0 saturated heterocycles. The number of carbonyl (C=O) groups excluding carboxylic acids is 2. The van der Waals surface area contributed by atoms with E-state index in [1.54, 1.807) is 24.3 Å². The number of carbonyl (C=O) groups is 2. The van der Waals surface area contributed by atoms with E-state index in [9.17, 15) is 9.59 Å². The van der Waals surface area contributed by atoms with Crippen molar-refractivity contribution < 1.29 is 9.59 Å². The molecular weight excluding hydrogens is 259 g/mol. The smallest absolute Gasteiger partial charge is 0.252 e. The normalized spacial score (nSPS) is 10.5. The third kappa shape index (κ3) is 2.33. The maximum absolute atomic E-state index is 11.2. The largest absolute Gasteiger partial charge is 0.276 e. The van der Waals surface area contributed by atoms with E-state index in [4.69, 9.17) is 23.2 Å². The van der Waals surface area contributed by atoms with Crippen molar-refractivity contribution in [2.75, 3.05) is 0 Å². The number of benzene rings is 2. The van der Waals surface area contributed by atoms with Crippen molar-refractivity contribution in [1.82, 2.24) is 0 Å². The predicted octanol–water partition coefficient (Wildman–Crippen LogP) is 3.91. The zero-order chi connectivity index (χ0) is 12.6. The lowest BCUT2D eigenvalue weighted by atomic mass is 10.0. The Morgan fingerprint density at radius 1 is 0.941 bits per heavy atom. The van der Waals surface area contributed by atoms with Crippen LogP contribution in [0.2, 0.25) is 0 Å². The molecule has 2 rings (SSSR count). The second-order valence-corrected chi connectivity index (χ2v) is 4.46. The van der Waals surface area contributed by atoms with Crippen LogP contribution in [0.3, 0.4) is 0 Å². The summed E-state index contributed by atoms with van der Waals surface area (Å²) in [5, 5.41) is 0.676. The van der Waals surface area contributed by atoms with E-state index in [1.165, 1.54) is 0 Å². The molecular formula is C13H8Cl2O2. The van der Waals surface area contributed by atoms with Crippen LogP contribution in [0.4, 0.5) is 0 Å². The summed E-state index contributed by atoms with van der Waals surface area (Å²) in [5.41, 5.74) is 1.65. The van der Waals surface area contributed by atoms with Crippen LogP contribution in [-0.4, -0.2) is 10.5 Å². The highest BCUT2D eigenvalue weighted by Crippen LogP contribution is 2.23. The second-order valence-electron chi connectivity index (χ2n) is 3.78. The molecule has 0 radical (unpaired) electrons. The number of halogens is 2. The molecule has 17 heavy (non-hydrogen) atoms. The third-order valence-corrected chi connectivity index (χ3v) is 3.04. The summed E-state index contributed by atoms with van der Waals surface area (Å²) < 4.78 is 0. The minimum absolute atomic E-state index is 0.399. The Bertz CT molecular complexity index is 633. The van der Waals surface area contributed by atoms with Crippen molar-refractivity contribution in [3.05, 3.63) is 47.0 Å². The van der Waals surface area contributed by atoms with E-state index < -0.39 is 10.5 Å². The molecule has 0 fully saturated rings. The fourth-order valence-corrected chi connectivity index (χ4v) is 2.07. The van der Waals surface area contributed by atoms with E-state index in [0.717, 1.165) is 16.3 Å². The molecule has 0 bridgehead atoms. The van der Waals surface area contributed by atoms with Gasteiger partial charge in [-0.2, -0.15) is 0 Å². The first-order chi connectivity index (χ1) is 7.99. The maximum atomic E-state index is 11.2. The first kappa shape index (κ1) is 12.1. The summed E-state index contributed by atoms with van der Waals surface area (Å²) >= 11 is 10.9. The van der Waals surface area contributed by atoms with Crippen molar-refractivity contribution in [3.8, 4) is 0 Å². The van der Waals surface area contributed by atoms with Gasteiger partial charge in [0.05, 0.1) is 0 Å². The summed E-state index contributed by atoms with van der Waals surface area (Å²) in [7, 11) is 0. The molecule has 0 heterocycles.